The number of nitrogens with one attached hydrogen (secondary N) is 1. The van der Waals surface area contributed by atoms with Gasteiger partial charge in [-0.15, -0.1) is 0 Å². The first-order chi connectivity index (χ1) is 13.7. The van der Waals surface area contributed by atoms with Gasteiger partial charge in [-0.1, -0.05) is 42.5 Å². The summed E-state index contributed by atoms with van der Waals surface area (Å²) in [7, 11) is 0. The Bertz CT molecular complexity index is 974. The third-order valence-electron chi connectivity index (χ3n) is 4.95. The molecule has 0 aliphatic carbocycles. The summed E-state index contributed by atoms with van der Waals surface area (Å²) in [4.78, 5) is 23.0. The Morgan fingerprint density at radius 2 is 1.75 bits per heavy atom. The van der Waals surface area contributed by atoms with Gasteiger partial charge in [-0.2, -0.15) is 0 Å². The molecular weight excluding hydrogens is 355 g/mol. The minimum Gasteiger partial charge on any atom is -0.354 e. The van der Waals surface area contributed by atoms with Crippen molar-refractivity contribution in [2.45, 2.75) is 19.4 Å². The average Bonchev–Trinajstić information content (AvgIpc) is 2.75. The lowest BCUT2D eigenvalue weighted by Gasteiger charge is -2.28. The molecule has 0 saturated carbocycles. The highest BCUT2D eigenvalue weighted by Crippen LogP contribution is 2.20. The fourth-order valence-electron chi connectivity index (χ4n) is 3.39. The number of benzene rings is 2. The number of anilines is 1. The molecule has 28 heavy (non-hydrogen) atoms. The molecule has 3 aromatic rings. The molecule has 4 rings (SSSR count). The van der Waals surface area contributed by atoms with Crippen molar-refractivity contribution >= 4 is 11.9 Å². The van der Waals surface area contributed by atoms with E-state index in [0.29, 0.717) is 43.1 Å². The van der Waals surface area contributed by atoms with E-state index in [1.165, 1.54) is 17.2 Å². The molecule has 2 aromatic carbocycles. The molecule has 1 amide bonds. The van der Waals surface area contributed by atoms with Crippen LogP contribution in [0.15, 0.2) is 60.9 Å². The van der Waals surface area contributed by atoms with Crippen LogP contribution in [0.25, 0.3) is 0 Å². The number of halogens is 1. The Morgan fingerprint density at radius 3 is 2.54 bits per heavy atom. The SMILES string of the molecule is O=C(c1cnc(NCCc2ccccc2F)nc1)N1CCc2ccccc2C1. The molecule has 1 aliphatic rings. The predicted molar refractivity (Wildman–Crippen MR) is 106 cm³/mol. The topological polar surface area (TPSA) is 58.1 Å². The lowest BCUT2D eigenvalue weighted by atomic mass is 9.99. The molecule has 0 bridgehead atoms. The maximum absolute atomic E-state index is 13.6. The molecular formula is C22H21FN4O. The van der Waals surface area contributed by atoms with Crippen molar-refractivity contribution in [2.24, 2.45) is 0 Å². The molecule has 1 aliphatic heterocycles. The van der Waals surface area contributed by atoms with Crippen LogP contribution in [0.5, 0.6) is 0 Å². The van der Waals surface area contributed by atoms with Crippen molar-refractivity contribution in [3.63, 3.8) is 0 Å². The molecule has 0 radical (unpaired) electrons. The lowest BCUT2D eigenvalue weighted by molar-refractivity contribution is 0.0734. The van der Waals surface area contributed by atoms with Gasteiger partial charge < -0.3 is 10.2 Å². The van der Waals surface area contributed by atoms with E-state index >= 15 is 0 Å². The Balaban J connectivity index is 1.34. The summed E-state index contributed by atoms with van der Waals surface area (Å²) >= 11 is 0. The molecule has 0 fully saturated rings. The van der Waals surface area contributed by atoms with E-state index < -0.39 is 0 Å². The monoisotopic (exact) mass is 376 g/mol. The minimum atomic E-state index is -0.214. The van der Waals surface area contributed by atoms with E-state index in [9.17, 15) is 9.18 Å². The molecule has 142 valence electrons. The second kappa shape index (κ2) is 8.17. The van der Waals surface area contributed by atoms with Crippen molar-refractivity contribution in [3.8, 4) is 0 Å². The zero-order valence-electron chi connectivity index (χ0n) is 15.4. The van der Waals surface area contributed by atoms with Gasteiger partial charge in [0.25, 0.3) is 5.91 Å². The smallest absolute Gasteiger partial charge is 0.257 e. The molecule has 1 N–H and O–H groups in total. The van der Waals surface area contributed by atoms with Gasteiger partial charge in [0.15, 0.2) is 0 Å². The van der Waals surface area contributed by atoms with Gasteiger partial charge in [-0.3, -0.25) is 4.79 Å². The average molecular weight is 376 g/mol. The molecule has 5 nitrogen and oxygen atoms in total. The number of aromatic nitrogens is 2. The summed E-state index contributed by atoms with van der Waals surface area (Å²) < 4.78 is 13.6. The lowest BCUT2D eigenvalue weighted by Crippen LogP contribution is -2.36. The summed E-state index contributed by atoms with van der Waals surface area (Å²) in [6, 6.07) is 14.9. The quantitative estimate of drug-likeness (QED) is 0.741. The second-order valence-electron chi connectivity index (χ2n) is 6.81. The number of carbonyl (C=O) groups is 1. The molecule has 6 heteroatoms. The fraction of sp³-hybridized carbons (Fsp3) is 0.227. The van der Waals surface area contributed by atoms with Crippen LogP contribution in [-0.4, -0.2) is 33.9 Å². The molecule has 0 unspecified atom stereocenters. The van der Waals surface area contributed by atoms with E-state index in [1.54, 1.807) is 24.5 Å². The van der Waals surface area contributed by atoms with Crippen molar-refractivity contribution in [1.29, 1.82) is 0 Å². The first-order valence-corrected chi connectivity index (χ1v) is 9.36. The van der Waals surface area contributed by atoms with Gasteiger partial charge >= 0.3 is 0 Å². The summed E-state index contributed by atoms with van der Waals surface area (Å²) in [5.74, 6) is 0.151. The van der Waals surface area contributed by atoms with Gasteiger partial charge in [0, 0.05) is 32.0 Å². The Morgan fingerprint density at radius 1 is 1.04 bits per heavy atom. The van der Waals surface area contributed by atoms with Crippen molar-refractivity contribution in [3.05, 3.63) is 89.0 Å². The number of hydrogen-bond acceptors (Lipinski definition) is 4. The van der Waals surface area contributed by atoms with Crippen molar-refractivity contribution in [2.75, 3.05) is 18.4 Å². The highest BCUT2D eigenvalue weighted by atomic mass is 19.1. The summed E-state index contributed by atoms with van der Waals surface area (Å²) in [5, 5.41) is 3.07. The fourth-order valence-corrected chi connectivity index (χ4v) is 3.39. The van der Waals surface area contributed by atoms with Gasteiger partial charge in [-0.25, -0.2) is 14.4 Å². The third-order valence-corrected chi connectivity index (χ3v) is 4.95. The number of fused-ring (bicyclic) bond motifs is 1. The van der Waals surface area contributed by atoms with E-state index in [0.717, 1.165) is 6.42 Å². The third kappa shape index (κ3) is 4.01. The molecule has 0 saturated heterocycles. The highest BCUT2D eigenvalue weighted by molar-refractivity contribution is 5.93. The van der Waals surface area contributed by atoms with Crippen LogP contribution in [0.1, 0.15) is 27.0 Å². The molecule has 0 spiro atoms. The maximum atomic E-state index is 13.6. The van der Waals surface area contributed by atoms with Crippen LogP contribution < -0.4 is 5.32 Å². The summed E-state index contributed by atoms with van der Waals surface area (Å²) in [6.45, 7) is 1.81. The van der Waals surface area contributed by atoms with Crippen molar-refractivity contribution in [1.82, 2.24) is 14.9 Å². The van der Waals surface area contributed by atoms with Crippen LogP contribution in [0.2, 0.25) is 0 Å². The Hall–Kier alpha value is -3.28. The van der Waals surface area contributed by atoms with Crippen molar-refractivity contribution < 1.29 is 9.18 Å². The number of amides is 1. The number of nitrogens with zero attached hydrogens (tertiary/aromatic N) is 3. The maximum Gasteiger partial charge on any atom is 0.257 e. The van der Waals surface area contributed by atoms with E-state index in [-0.39, 0.29) is 11.7 Å². The Kier molecular flexibility index (Phi) is 5.28. The molecule has 2 heterocycles. The summed E-state index contributed by atoms with van der Waals surface area (Å²) in [5.41, 5.74) is 3.61. The van der Waals surface area contributed by atoms with Gasteiger partial charge in [-0.05, 0) is 35.6 Å². The number of carbonyl (C=O) groups excluding carboxylic acids is 1. The van der Waals surface area contributed by atoms with Crippen LogP contribution in [0.4, 0.5) is 10.3 Å². The van der Waals surface area contributed by atoms with Crippen LogP contribution in [0, 0.1) is 5.82 Å². The zero-order valence-corrected chi connectivity index (χ0v) is 15.4. The Labute approximate surface area is 163 Å². The predicted octanol–water partition coefficient (Wildman–Crippen LogP) is 3.47. The first-order valence-electron chi connectivity index (χ1n) is 9.36. The number of rotatable bonds is 5. The van der Waals surface area contributed by atoms with Crippen LogP contribution in [-0.2, 0) is 19.4 Å². The minimum absolute atomic E-state index is 0.0626. The van der Waals surface area contributed by atoms with E-state index in [1.807, 2.05) is 23.1 Å². The first kappa shape index (κ1) is 18.1. The second-order valence-corrected chi connectivity index (χ2v) is 6.81. The van der Waals surface area contributed by atoms with Crippen LogP contribution >= 0.6 is 0 Å². The highest BCUT2D eigenvalue weighted by Gasteiger charge is 2.22. The van der Waals surface area contributed by atoms with Gasteiger partial charge in [0.1, 0.15) is 5.82 Å². The molecule has 1 aromatic heterocycles. The van der Waals surface area contributed by atoms with Crippen LogP contribution in [0.3, 0.4) is 0 Å². The molecule has 0 atom stereocenters. The normalized spacial score (nSPS) is 13.1. The number of hydrogen-bond donors (Lipinski definition) is 1. The van der Waals surface area contributed by atoms with E-state index in [4.69, 9.17) is 0 Å². The van der Waals surface area contributed by atoms with Gasteiger partial charge in [0.2, 0.25) is 5.95 Å². The standard InChI is InChI=1S/C22H21FN4O/c23-20-8-4-3-6-17(20)9-11-24-22-25-13-19(14-26-22)21(28)27-12-10-16-5-1-2-7-18(16)15-27/h1-8,13-14H,9-12,15H2,(H,24,25,26). The van der Waals surface area contributed by atoms with E-state index in [2.05, 4.69) is 27.4 Å². The van der Waals surface area contributed by atoms with Gasteiger partial charge in [0.05, 0.1) is 5.56 Å². The summed E-state index contributed by atoms with van der Waals surface area (Å²) in [6.07, 6.45) is 4.48. The largest absolute Gasteiger partial charge is 0.354 e. The zero-order chi connectivity index (χ0) is 19.3.